The van der Waals surface area contributed by atoms with E-state index in [0.29, 0.717) is 11.2 Å². The number of carbonyl (C=O) groups is 1. The van der Waals surface area contributed by atoms with Crippen molar-refractivity contribution in [1.29, 1.82) is 0 Å². The van der Waals surface area contributed by atoms with Gasteiger partial charge in [-0.25, -0.2) is 0 Å². The highest BCUT2D eigenvalue weighted by Crippen LogP contribution is 1.98. The summed E-state index contributed by atoms with van der Waals surface area (Å²) in [5.41, 5.74) is 6.35. The predicted octanol–water partition coefficient (Wildman–Crippen LogP) is -0.481. The molecule has 1 aromatic carbocycles. The Balaban J connectivity index is 2.82. The summed E-state index contributed by atoms with van der Waals surface area (Å²) in [4.78, 5) is 10.5. The third-order valence-electron chi connectivity index (χ3n) is 1.54. The van der Waals surface area contributed by atoms with Crippen LogP contribution in [0, 0.1) is 0 Å². The van der Waals surface area contributed by atoms with Crippen molar-refractivity contribution in [3.8, 4) is 0 Å². The zero-order chi connectivity index (χ0) is 9.84. The molecule has 0 radical (unpaired) electrons. The van der Waals surface area contributed by atoms with Crippen molar-refractivity contribution in [2.45, 2.75) is 6.92 Å². The van der Waals surface area contributed by atoms with E-state index in [0.717, 1.165) is 0 Å². The average Bonchev–Trinajstić information content (AvgIpc) is 2.03. The monoisotopic (exact) mass is 179 g/mol. The van der Waals surface area contributed by atoms with E-state index in [9.17, 15) is 9.82 Å². The summed E-state index contributed by atoms with van der Waals surface area (Å²) in [6.07, 6.45) is 0. The maximum absolute atomic E-state index is 10.5. The summed E-state index contributed by atoms with van der Waals surface area (Å²) in [5.74, 6) is -0.546. The Kier molecular flexibility index (Phi) is 2.92. The number of anilines is 1. The summed E-state index contributed by atoms with van der Waals surface area (Å²) in [5, 5.41) is 9.35. The summed E-state index contributed by atoms with van der Waals surface area (Å²) in [7, 11) is -1.28. The van der Waals surface area contributed by atoms with Crippen molar-refractivity contribution in [2.75, 3.05) is 5.73 Å². The molecule has 0 saturated carbocycles. The number of hydrogen-bond acceptors (Lipinski definition) is 4. The number of para-hydroxylation sites is 1. The van der Waals surface area contributed by atoms with E-state index in [1.165, 1.54) is 6.92 Å². The van der Waals surface area contributed by atoms with Crippen molar-refractivity contribution in [3.63, 3.8) is 0 Å². The van der Waals surface area contributed by atoms with Crippen LogP contribution in [0.2, 0.25) is 0 Å². The Hall–Kier alpha value is -1.49. The number of benzene rings is 1. The van der Waals surface area contributed by atoms with E-state index >= 15 is 0 Å². The standard InChI is InChI=1S/C8H10BNO3/c1-6(11)13-9(12)7-4-2-3-5-8(7)10/h2-5,12H,10H2,1H3. The van der Waals surface area contributed by atoms with Crippen LogP contribution >= 0.6 is 0 Å². The van der Waals surface area contributed by atoms with Crippen molar-refractivity contribution in [2.24, 2.45) is 0 Å². The van der Waals surface area contributed by atoms with Gasteiger partial charge in [0.25, 0.3) is 5.97 Å². The first-order valence-corrected chi connectivity index (χ1v) is 3.81. The third-order valence-corrected chi connectivity index (χ3v) is 1.54. The van der Waals surface area contributed by atoms with Crippen LogP contribution in [0.25, 0.3) is 0 Å². The van der Waals surface area contributed by atoms with E-state index in [1.54, 1.807) is 24.3 Å². The van der Waals surface area contributed by atoms with Crippen LogP contribution in [0.3, 0.4) is 0 Å². The molecule has 0 atom stereocenters. The number of nitrogens with two attached hydrogens (primary N) is 1. The lowest BCUT2D eigenvalue weighted by molar-refractivity contribution is -0.132. The molecular formula is C8H10BNO3. The molecule has 4 nitrogen and oxygen atoms in total. The van der Waals surface area contributed by atoms with Crippen LogP contribution in [0.5, 0.6) is 0 Å². The smallest absolute Gasteiger partial charge is 0.506 e. The van der Waals surface area contributed by atoms with Crippen molar-refractivity contribution < 1.29 is 14.5 Å². The minimum atomic E-state index is -1.28. The number of rotatable bonds is 2. The number of carbonyl (C=O) groups excluding carboxylic acids is 1. The SMILES string of the molecule is CC(=O)OB(O)c1ccccc1N. The second-order valence-corrected chi connectivity index (χ2v) is 2.59. The largest absolute Gasteiger partial charge is 0.564 e. The molecular weight excluding hydrogens is 169 g/mol. The zero-order valence-electron chi connectivity index (χ0n) is 7.23. The minimum absolute atomic E-state index is 0.399. The Bertz CT molecular complexity index is 316. The molecule has 0 spiro atoms. The van der Waals surface area contributed by atoms with Gasteiger partial charge in [-0.15, -0.1) is 0 Å². The fraction of sp³-hybridized carbons (Fsp3) is 0.125. The first-order valence-electron chi connectivity index (χ1n) is 3.81. The summed E-state index contributed by atoms with van der Waals surface area (Å²) >= 11 is 0. The summed E-state index contributed by atoms with van der Waals surface area (Å²) in [6, 6.07) is 6.67. The lowest BCUT2D eigenvalue weighted by atomic mass is 9.78. The third kappa shape index (κ3) is 2.49. The van der Waals surface area contributed by atoms with Gasteiger partial charge in [0, 0.05) is 18.1 Å². The van der Waals surface area contributed by atoms with Crippen molar-refractivity contribution in [3.05, 3.63) is 24.3 Å². The second-order valence-electron chi connectivity index (χ2n) is 2.59. The number of hydrogen-bond donors (Lipinski definition) is 2. The Morgan fingerprint density at radius 3 is 2.69 bits per heavy atom. The average molecular weight is 179 g/mol. The molecule has 0 aromatic heterocycles. The topological polar surface area (TPSA) is 72.5 Å². The van der Waals surface area contributed by atoms with Gasteiger partial charge in [-0.1, -0.05) is 18.2 Å². The van der Waals surface area contributed by atoms with Crippen LogP contribution in [0.15, 0.2) is 24.3 Å². The molecule has 0 saturated heterocycles. The quantitative estimate of drug-likeness (QED) is 0.475. The Morgan fingerprint density at radius 2 is 2.15 bits per heavy atom. The molecule has 0 amide bonds. The van der Waals surface area contributed by atoms with E-state index in [1.807, 2.05) is 0 Å². The van der Waals surface area contributed by atoms with Crippen molar-refractivity contribution >= 4 is 24.2 Å². The lowest BCUT2D eigenvalue weighted by Gasteiger charge is -2.07. The predicted molar refractivity (Wildman–Crippen MR) is 50.2 cm³/mol. The van der Waals surface area contributed by atoms with Crippen LogP contribution < -0.4 is 11.2 Å². The molecule has 3 N–H and O–H groups in total. The van der Waals surface area contributed by atoms with Gasteiger partial charge in [-0.2, -0.15) is 0 Å². The highest BCUT2D eigenvalue weighted by atomic mass is 16.6. The van der Waals surface area contributed by atoms with E-state index in [-0.39, 0.29) is 0 Å². The molecule has 1 aromatic rings. The molecule has 0 bridgehead atoms. The van der Waals surface area contributed by atoms with Crippen LogP contribution in [0.4, 0.5) is 5.69 Å². The normalized spacial score (nSPS) is 9.38. The van der Waals surface area contributed by atoms with Gasteiger partial charge in [0.1, 0.15) is 0 Å². The molecule has 13 heavy (non-hydrogen) atoms. The second kappa shape index (κ2) is 3.95. The fourth-order valence-corrected chi connectivity index (χ4v) is 0.956. The van der Waals surface area contributed by atoms with Gasteiger partial charge in [-0.05, 0) is 6.07 Å². The van der Waals surface area contributed by atoms with Gasteiger partial charge in [0.05, 0.1) is 0 Å². The Morgan fingerprint density at radius 1 is 1.54 bits per heavy atom. The molecule has 5 heteroatoms. The summed E-state index contributed by atoms with van der Waals surface area (Å²) in [6.45, 7) is 1.22. The van der Waals surface area contributed by atoms with E-state index in [2.05, 4.69) is 4.65 Å². The fourth-order valence-electron chi connectivity index (χ4n) is 0.956. The zero-order valence-corrected chi connectivity index (χ0v) is 7.23. The molecule has 1 rings (SSSR count). The maximum atomic E-state index is 10.5. The molecule has 0 heterocycles. The Labute approximate surface area is 76.5 Å². The molecule has 0 fully saturated rings. The highest BCUT2D eigenvalue weighted by molar-refractivity contribution is 6.63. The minimum Gasteiger partial charge on any atom is -0.506 e. The van der Waals surface area contributed by atoms with Crippen LogP contribution in [-0.2, 0) is 9.45 Å². The molecule has 0 aliphatic heterocycles. The molecule has 0 aliphatic rings. The van der Waals surface area contributed by atoms with Gasteiger partial charge < -0.3 is 15.4 Å². The van der Waals surface area contributed by atoms with Crippen LogP contribution in [0.1, 0.15) is 6.92 Å². The lowest BCUT2D eigenvalue weighted by Crippen LogP contribution is -2.36. The highest BCUT2D eigenvalue weighted by Gasteiger charge is 2.21. The molecule has 0 aliphatic carbocycles. The van der Waals surface area contributed by atoms with E-state index in [4.69, 9.17) is 5.73 Å². The molecule has 0 unspecified atom stereocenters. The van der Waals surface area contributed by atoms with Crippen molar-refractivity contribution in [1.82, 2.24) is 0 Å². The number of nitrogen functional groups attached to an aromatic ring is 1. The first kappa shape index (κ1) is 9.60. The maximum Gasteiger partial charge on any atom is 0.564 e. The van der Waals surface area contributed by atoms with E-state index < -0.39 is 13.1 Å². The summed E-state index contributed by atoms with van der Waals surface area (Å²) < 4.78 is 4.55. The van der Waals surface area contributed by atoms with Crippen LogP contribution in [-0.4, -0.2) is 18.1 Å². The van der Waals surface area contributed by atoms with Gasteiger partial charge in [0.2, 0.25) is 0 Å². The van der Waals surface area contributed by atoms with Gasteiger partial charge in [-0.3, -0.25) is 4.79 Å². The van der Waals surface area contributed by atoms with Gasteiger partial charge in [0.15, 0.2) is 0 Å². The van der Waals surface area contributed by atoms with Gasteiger partial charge >= 0.3 is 7.12 Å². The molecule has 68 valence electrons. The first-order chi connectivity index (χ1) is 6.11.